The number of benzene rings is 9. The highest BCUT2D eigenvalue weighted by Crippen LogP contribution is 2.64. The molecule has 0 spiro atoms. The van der Waals surface area contributed by atoms with Gasteiger partial charge in [0.15, 0.2) is 0 Å². The summed E-state index contributed by atoms with van der Waals surface area (Å²) in [6.45, 7) is 7.05. The monoisotopic (exact) mass is 1020 g/mol. The number of aromatic nitrogens is 1. The van der Waals surface area contributed by atoms with Gasteiger partial charge < -0.3 is 9.38 Å². The average molecular weight is 1030 g/mol. The minimum Gasteiger partial charge on any atom is -0.375 e. The van der Waals surface area contributed by atoms with Crippen molar-refractivity contribution in [2.75, 3.05) is 4.90 Å². The predicted octanol–water partition coefficient (Wildman–Crippen LogP) is 18.8. The van der Waals surface area contributed by atoms with Crippen LogP contribution in [0.1, 0.15) is 115 Å². The number of thiophene rings is 1. The number of nitrogens with zero attached hydrogens (tertiary/aromatic N) is 2. The highest BCUT2D eigenvalue weighted by molar-refractivity contribution is 7.26. The van der Waals surface area contributed by atoms with Crippen molar-refractivity contribution in [1.29, 1.82) is 0 Å². The lowest BCUT2D eigenvalue weighted by Gasteiger charge is -2.57. The van der Waals surface area contributed by atoms with Crippen LogP contribution >= 0.6 is 11.3 Å². The normalized spacial score (nSPS) is 27.1. The molecule has 0 radical (unpaired) electrons. The molecule has 2 aliphatic heterocycles. The van der Waals surface area contributed by atoms with Crippen molar-refractivity contribution in [2.45, 2.75) is 114 Å². The van der Waals surface area contributed by atoms with Crippen molar-refractivity contribution in [2.24, 2.45) is 35.5 Å². The van der Waals surface area contributed by atoms with E-state index < -0.39 is 0 Å². The first-order chi connectivity index (χ1) is 38.1. The molecule has 8 aliphatic carbocycles. The largest absolute Gasteiger partial charge is 0.375 e. The van der Waals surface area contributed by atoms with Gasteiger partial charge in [0.2, 0.25) is 0 Å². The molecule has 0 amide bonds. The molecule has 21 rings (SSSR count). The van der Waals surface area contributed by atoms with Gasteiger partial charge in [0, 0.05) is 64.5 Å². The first-order valence-electron chi connectivity index (χ1n) is 30.2. The third-order valence-electron chi connectivity index (χ3n) is 22.5. The number of rotatable bonds is 4. The van der Waals surface area contributed by atoms with Crippen molar-refractivity contribution in [3.05, 3.63) is 174 Å². The van der Waals surface area contributed by atoms with Gasteiger partial charge in [0.05, 0.1) is 5.69 Å². The molecule has 0 atom stereocenters. The minimum atomic E-state index is -0.0389. The zero-order chi connectivity index (χ0) is 51.1. The first-order valence-corrected chi connectivity index (χ1v) is 31.0. The highest BCUT2D eigenvalue weighted by Gasteiger charge is 2.54. The molecule has 0 unspecified atom stereocenters. The second-order valence-corrected chi connectivity index (χ2v) is 29.2. The van der Waals surface area contributed by atoms with Gasteiger partial charge in [-0.3, -0.25) is 0 Å². The van der Waals surface area contributed by atoms with Gasteiger partial charge >= 0.3 is 6.85 Å². The molecule has 78 heavy (non-hydrogen) atoms. The summed E-state index contributed by atoms with van der Waals surface area (Å²) < 4.78 is 5.62. The van der Waals surface area contributed by atoms with Gasteiger partial charge in [0.25, 0.3) is 0 Å². The van der Waals surface area contributed by atoms with Gasteiger partial charge in [0.1, 0.15) is 0 Å². The molecule has 8 saturated carbocycles. The number of fused-ring (bicyclic) bond motifs is 13. The average Bonchev–Trinajstić information content (AvgIpc) is 2.70. The van der Waals surface area contributed by atoms with Crippen molar-refractivity contribution in [1.82, 2.24) is 4.48 Å². The Kier molecular flexibility index (Phi) is 8.62. The Balaban J connectivity index is 0.958. The number of hydrogen-bond donors (Lipinski definition) is 0. The molecule has 9 aromatic carbocycles. The second kappa shape index (κ2) is 15.2. The van der Waals surface area contributed by atoms with Crippen LogP contribution in [-0.2, 0) is 16.2 Å². The molecular formula is C74H65BN2S. The summed E-state index contributed by atoms with van der Waals surface area (Å²) in [6.07, 6.45) is 17.1. The Labute approximate surface area is 462 Å². The third-order valence-corrected chi connectivity index (χ3v) is 23.6. The molecule has 0 saturated heterocycles. The molecule has 8 bridgehead atoms. The van der Waals surface area contributed by atoms with Crippen molar-refractivity contribution < 1.29 is 0 Å². The lowest BCUT2D eigenvalue weighted by molar-refractivity contribution is -0.00527. The zero-order valence-corrected chi connectivity index (χ0v) is 46.2. The maximum atomic E-state index is 2.92. The fourth-order valence-electron chi connectivity index (χ4n) is 20.1. The van der Waals surface area contributed by atoms with E-state index in [-0.39, 0.29) is 17.7 Å². The van der Waals surface area contributed by atoms with E-state index in [1.54, 1.807) is 11.1 Å². The first kappa shape index (κ1) is 44.3. The standard InChI is InChI=1S/C74H65BN2S/c1-72(2,3)52-17-19-63(56(30-52)48-11-5-4-6-12-48)76-65-35-68-59(58-27-49-13-7-8-14-50(49)29-67(58)78-68)34-62(65)75-70-66(76)28-51-15-9-10-16-55(51)69(70)61-33-54(74-39-45-24-46(40-74)26-47(25-45)41-74)32-60-57-31-53(18-20-64(57)77(75)71(60)61)73-36-42-21-43(37-73)23-44(22-42)38-73/h4-20,27-35,42-47H,21-26,36-41H2,1-3H3. The Bertz CT molecular complexity index is 4400. The highest BCUT2D eigenvalue weighted by atomic mass is 32.1. The van der Waals surface area contributed by atoms with E-state index in [0.717, 1.165) is 35.5 Å². The van der Waals surface area contributed by atoms with Crippen LogP contribution in [0.2, 0.25) is 0 Å². The van der Waals surface area contributed by atoms with Gasteiger partial charge in [-0.1, -0.05) is 118 Å². The second-order valence-electron chi connectivity index (χ2n) is 28.1. The molecule has 4 heterocycles. The summed E-state index contributed by atoms with van der Waals surface area (Å²) in [6, 6.07) is 63.8. The van der Waals surface area contributed by atoms with E-state index in [1.807, 2.05) is 11.3 Å². The van der Waals surface area contributed by atoms with Crippen LogP contribution < -0.4 is 15.8 Å². The van der Waals surface area contributed by atoms with E-state index in [2.05, 4.69) is 188 Å². The predicted molar refractivity (Wildman–Crippen MR) is 332 cm³/mol. The molecule has 4 heteroatoms. The molecule has 10 aliphatic rings. The van der Waals surface area contributed by atoms with Crippen LogP contribution in [0.3, 0.4) is 0 Å². The SMILES string of the molecule is CC(C)(C)c1ccc(N2c3cc4sc5cc6ccccc6cc5c4cc3B3c4c2cc2ccccc2c4-c2cc(C45CC6CC(CC(C6)C4)C5)cc4c5cc(C67CC8CC(CC(C8)C6)C7)ccc5n3c24)c(-c2ccccc2)c1. The molecule has 8 fully saturated rings. The summed E-state index contributed by atoms with van der Waals surface area (Å²) in [7, 11) is 0. The summed E-state index contributed by atoms with van der Waals surface area (Å²) >= 11 is 1.97. The lowest BCUT2D eigenvalue weighted by Crippen LogP contribution is -2.56. The Morgan fingerprint density at radius 3 is 1.76 bits per heavy atom. The summed E-state index contributed by atoms with van der Waals surface area (Å²) in [5.41, 5.74) is 20.3. The summed E-state index contributed by atoms with van der Waals surface area (Å²) in [4.78, 5) is 2.74. The van der Waals surface area contributed by atoms with Crippen LogP contribution in [0, 0.1) is 35.5 Å². The van der Waals surface area contributed by atoms with Gasteiger partial charge in [-0.15, -0.1) is 11.3 Å². The van der Waals surface area contributed by atoms with Crippen LogP contribution in [0.25, 0.3) is 85.8 Å². The van der Waals surface area contributed by atoms with Gasteiger partial charge in [-0.25, -0.2) is 0 Å². The smallest absolute Gasteiger partial charge is 0.333 e. The molecule has 0 N–H and O–H groups in total. The number of anilines is 3. The van der Waals surface area contributed by atoms with Crippen molar-refractivity contribution >= 4 is 110 Å². The van der Waals surface area contributed by atoms with E-state index in [0.29, 0.717) is 5.41 Å². The number of hydrogen-bond acceptors (Lipinski definition) is 2. The molecule has 2 aromatic heterocycles. The van der Waals surface area contributed by atoms with Crippen LogP contribution in [-0.4, -0.2) is 11.3 Å². The summed E-state index contributed by atoms with van der Waals surface area (Å²) in [5, 5.41) is 11.1. The topological polar surface area (TPSA) is 8.17 Å². The molecule has 380 valence electrons. The van der Waals surface area contributed by atoms with Gasteiger partial charge in [-0.2, -0.15) is 0 Å². The van der Waals surface area contributed by atoms with E-state index in [4.69, 9.17) is 0 Å². The van der Waals surface area contributed by atoms with Crippen LogP contribution in [0.5, 0.6) is 0 Å². The van der Waals surface area contributed by atoms with E-state index in [9.17, 15) is 0 Å². The Hall–Kier alpha value is -6.62. The van der Waals surface area contributed by atoms with E-state index >= 15 is 0 Å². The minimum absolute atomic E-state index is 0.0175. The third kappa shape index (κ3) is 5.96. The molecular weight excluding hydrogens is 960 g/mol. The van der Waals surface area contributed by atoms with Crippen LogP contribution in [0.15, 0.2) is 158 Å². The summed E-state index contributed by atoms with van der Waals surface area (Å²) in [5.74, 6) is 5.34. The molecule has 2 nitrogen and oxygen atoms in total. The van der Waals surface area contributed by atoms with Gasteiger partial charge in [-0.05, 0) is 250 Å². The Morgan fingerprint density at radius 1 is 0.462 bits per heavy atom. The fraction of sp³-hybridized carbons (Fsp3) is 0.324. The van der Waals surface area contributed by atoms with Crippen LogP contribution in [0.4, 0.5) is 17.1 Å². The zero-order valence-electron chi connectivity index (χ0n) is 45.3. The lowest BCUT2D eigenvalue weighted by atomic mass is 9.44. The fourth-order valence-corrected chi connectivity index (χ4v) is 21.2. The Morgan fingerprint density at radius 2 is 1.06 bits per heavy atom. The molecule has 11 aromatic rings. The van der Waals surface area contributed by atoms with Crippen molar-refractivity contribution in [3.8, 4) is 22.3 Å². The maximum absolute atomic E-state index is 2.92. The maximum Gasteiger partial charge on any atom is 0.333 e. The quantitative estimate of drug-likeness (QED) is 0.160. The van der Waals surface area contributed by atoms with E-state index in [1.165, 1.54) is 196 Å². The van der Waals surface area contributed by atoms with Crippen molar-refractivity contribution in [3.63, 3.8) is 0 Å².